The molecule has 1 aliphatic carbocycles. The molecule has 0 amide bonds. The molecule has 2 nitrogen and oxygen atoms in total. The maximum Gasteiger partial charge on any atom is 0.0566 e. The first-order chi connectivity index (χ1) is 9.84. The fraction of sp³-hybridized carbons (Fsp3) is 0.389. The second-order valence-electron chi connectivity index (χ2n) is 5.77. The zero-order chi connectivity index (χ0) is 13.8. The maximum absolute atomic E-state index is 6.30. The third-order valence-corrected chi connectivity index (χ3v) is 4.42. The minimum Gasteiger partial charge on any atom is -0.320 e. The van der Waals surface area contributed by atoms with Crippen molar-refractivity contribution >= 4 is 0 Å². The zero-order valence-electron chi connectivity index (χ0n) is 11.8. The van der Waals surface area contributed by atoms with E-state index in [1.165, 1.54) is 37.7 Å². The summed E-state index contributed by atoms with van der Waals surface area (Å²) in [6.07, 6.45) is 10.5. The van der Waals surface area contributed by atoms with Crippen LogP contribution in [0.2, 0.25) is 0 Å². The van der Waals surface area contributed by atoms with Crippen LogP contribution >= 0.6 is 0 Å². The minimum absolute atomic E-state index is 0.0795. The van der Waals surface area contributed by atoms with E-state index < -0.39 is 0 Å². The molecule has 0 aliphatic heterocycles. The van der Waals surface area contributed by atoms with Crippen molar-refractivity contribution < 1.29 is 0 Å². The van der Waals surface area contributed by atoms with Crippen molar-refractivity contribution in [1.29, 1.82) is 0 Å². The van der Waals surface area contributed by atoms with Crippen LogP contribution in [0.25, 0.3) is 0 Å². The molecule has 1 unspecified atom stereocenters. The van der Waals surface area contributed by atoms with Gasteiger partial charge >= 0.3 is 0 Å². The van der Waals surface area contributed by atoms with Gasteiger partial charge in [-0.1, -0.05) is 49.6 Å². The van der Waals surface area contributed by atoms with E-state index in [0.29, 0.717) is 0 Å². The van der Waals surface area contributed by atoms with E-state index >= 15 is 0 Å². The SMILES string of the molecule is NC(c1ccc(C2CCCCC2)cc1)c1cccnc1. The summed E-state index contributed by atoms with van der Waals surface area (Å²) in [6.45, 7) is 0. The Morgan fingerprint density at radius 3 is 2.35 bits per heavy atom. The molecule has 0 bridgehead atoms. The lowest BCUT2D eigenvalue weighted by atomic mass is 9.83. The van der Waals surface area contributed by atoms with Gasteiger partial charge in [-0.3, -0.25) is 4.98 Å². The zero-order valence-corrected chi connectivity index (χ0v) is 11.8. The van der Waals surface area contributed by atoms with Crippen LogP contribution in [0.5, 0.6) is 0 Å². The molecule has 20 heavy (non-hydrogen) atoms. The molecule has 3 rings (SSSR count). The number of hydrogen-bond acceptors (Lipinski definition) is 2. The highest BCUT2D eigenvalue weighted by atomic mass is 14.7. The number of aromatic nitrogens is 1. The summed E-state index contributed by atoms with van der Waals surface area (Å²) in [4.78, 5) is 4.14. The van der Waals surface area contributed by atoms with Crippen LogP contribution in [-0.2, 0) is 0 Å². The summed E-state index contributed by atoms with van der Waals surface area (Å²) in [7, 11) is 0. The van der Waals surface area contributed by atoms with Crippen LogP contribution in [0.1, 0.15) is 60.8 Å². The highest BCUT2D eigenvalue weighted by Gasteiger charge is 2.16. The van der Waals surface area contributed by atoms with Gasteiger partial charge in [-0.05, 0) is 41.5 Å². The molecular formula is C18H22N2. The second-order valence-corrected chi connectivity index (χ2v) is 5.77. The Kier molecular flexibility index (Phi) is 4.12. The molecule has 1 fully saturated rings. The van der Waals surface area contributed by atoms with E-state index in [1.54, 1.807) is 6.20 Å². The molecule has 1 saturated carbocycles. The molecule has 1 heterocycles. The Bertz CT molecular complexity index is 527. The summed E-state index contributed by atoms with van der Waals surface area (Å²) < 4.78 is 0. The molecule has 0 radical (unpaired) electrons. The number of nitrogens with zero attached hydrogens (tertiary/aromatic N) is 1. The van der Waals surface area contributed by atoms with E-state index in [4.69, 9.17) is 5.73 Å². The molecule has 1 aromatic carbocycles. The summed E-state index contributed by atoms with van der Waals surface area (Å²) in [5.41, 5.74) is 10.0. The topological polar surface area (TPSA) is 38.9 Å². The maximum atomic E-state index is 6.30. The molecule has 104 valence electrons. The van der Waals surface area contributed by atoms with Gasteiger partial charge in [0.15, 0.2) is 0 Å². The molecule has 0 saturated heterocycles. The van der Waals surface area contributed by atoms with Crippen molar-refractivity contribution in [1.82, 2.24) is 4.98 Å². The molecular weight excluding hydrogens is 244 g/mol. The lowest BCUT2D eigenvalue weighted by molar-refractivity contribution is 0.443. The van der Waals surface area contributed by atoms with Crippen molar-refractivity contribution in [3.63, 3.8) is 0 Å². The Hall–Kier alpha value is -1.67. The third kappa shape index (κ3) is 2.91. The summed E-state index contributed by atoms with van der Waals surface area (Å²) in [6, 6.07) is 12.8. The minimum atomic E-state index is -0.0795. The predicted octanol–water partition coefficient (Wildman–Crippen LogP) is 4.18. The molecule has 2 aromatic rings. The summed E-state index contributed by atoms with van der Waals surface area (Å²) in [5, 5.41) is 0. The first-order valence-corrected chi connectivity index (χ1v) is 7.60. The smallest absolute Gasteiger partial charge is 0.0566 e. The van der Waals surface area contributed by atoms with Gasteiger partial charge in [0.1, 0.15) is 0 Å². The standard InChI is InChI=1S/C18H22N2/c19-18(17-7-4-12-20-13-17)16-10-8-15(9-11-16)14-5-2-1-3-6-14/h4,7-14,18H,1-3,5-6,19H2. The third-order valence-electron chi connectivity index (χ3n) is 4.42. The van der Waals surface area contributed by atoms with E-state index in [2.05, 4.69) is 29.2 Å². The number of hydrogen-bond donors (Lipinski definition) is 1. The van der Waals surface area contributed by atoms with Crippen LogP contribution in [0.15, 0.2) is 48.8 Å². The molecule has 1 aliphatic rings. The highest BCUT2D eigenvalue weighted by molar-refractivity contribution is 5.33. The monoisotopic (exact) mass is 266 g/mol. The fourth-order valence-electron chi connectivity index (χ4n) is 3.16. The fourth-order valence-corrected chi connectivity index (χ4v) is 3.16. The Morgan fingerprint density at radius 2 is 1.70 bits per heavy atom. The molecule has 1 atom stereocenters. The van der Waals surface area contributed by atoms with Crippen molar-refractivity contribution in [2.75, 3.05) is 0 Å². The van der Waals surface area contributed by atoms with Gasteiger partial charge in [0.2, 0.25) is 0 Å². The molecule has 2 heteroatoms. The van der Waals surface area contributed by atoms with Crippen molar-refractivity contribution in [2.45, 2.75) is 44.1 Å². The number of nitrogens with two attached hydrogens (primary N) is 1. The van der Waals surface area contributed by atoms with Gasteiger partial charge < -0.3 is 5.73 Å². The van der Waals surface area contributed by atoms with Crippen LogP contribution in [-0.4, -0.2) is 4.98 Å². The summed E-state index contributed by atoms with van der Waals surface area (Å²) in [5.74, 6) is 0.757. The average Bonchev–Trinajstić information content (AvgIpc) is 2.56. The molecule has 1 aromatic heterocycles. The van der Waals surface area contributed by atoms with Crippen molar-refractivity contribution in [2.24, 2.45) is 5.73 Å². The predicted molar refractivity (Wildman–Crippen MR) is 82.5 cm³/mol. The normalized spacial score (nSPS) is 17.9. The lowest BCUT2D eigenvalue weighted by Gasteiger charge is -2.22. The first-order valence-electron chi connectivity index (χ1n) is 7.60. The van der Waals surface area contributed by atoms with E-state index in [-0.39, 0.29) is 6.04 Å². The Balaban J connectivity index is 1.75. The lowest BCUT2D eigenvalue weighted by Crippen LogP contribution is -2.12. The van der Waals surface area contributed by atoms with Crippen molar-refractivity contribution in [3.05, 3.63) is 65.5 Å². The number of rotatable bonds is 3. The van der Waals surface area contributed by atoms with Crippen LogP contribution < -0.4 is 5.73 Å². The largest absolute Gasteiger partial charge is 0.320 e. The average molecular weight is 266 g/mol. The van der Waals surface area contributed by atoms with Gasteiger partial charge in [-0.25, -0.2) is 0 Å². The van der Waals surface area contributed by atoms with Gasteiger partial charge in [-0.2, -0.15) is 0 Å². The van der Waals surface area contributed by atoms with Gasteiger partial charge in [-0.15, -0.1) is 0 Å². The number of pyridine rings is 1. The van der Waals surface area contributed by atoms with E-state index in [9.17, 15) is 0 Å². The van der Waals surface area contributed by atoms with Gasteiger partial charge in [0, 0.05) is 12.4 Å². The van der Waals surface area contributed by atoms with Gasteiger partial charge in [0.05, 0.1) is 6.04 Å². The Morgan fingerprint density at radius 1 is 0.950 bits per heavy atom. The Labute approximate surface area is 121 Å². The van der Waals surface area contributed by atoms with Gasteiger partial charge in [0.25, 0.3) is 0 Å². The van der Waals surface area contributed by atoms with E-state index in [1.807, 2.05) is 18.3 Å². The van der Waals surface area contributed by atoms with Crippen LogP contribution in [0, 0.1) is 0 Å². The number of benzene rings is 1. The quantitative estimate of drug-likeness (QED) is 0.905. The van der Waals surface area contributed by atoms with Crippen molar-refractivity contribution in [3.8, 4) is 0 Å². The first kappa shape index (κ1) is 13.3. The van der Waals surface area contributed by atoms with Crippen LogP contribution in [0.3, 0.4) is 0 Å². The van der Waals surface area contributed by atoms with E-state index in [0.717, 1.165) is 17.0 Å². The molecule has 2 N–H and O–H groups in total. The summed E-state index contributed by atoms with van der Waals surface area (Å²) >= 11 is 0. The second kappa shape index (κ2) is 6.19. The highest BCUT2D eigenvalue weighted by Crippen LogP contribution is 2.33. The molecule has 0 spiro atoms. The van der Waals surface area contributed by atoms with Crippen LogP contribution in [0.4, 0.5) is 0 Å².